The molecule has 6 heteroatoms. The van der Waals surface area contributed by atoms with Crippen LogP contribution in [0, 0.1) is 0 Å². The third kappa shape index (κ3) is 4.88. The molecule has 0 aromatic heterocycles. The van der Waals surface area contributed by atoms with Gasteiger partial charge in [-0.15, -0.1) is 0 Å². The van der Waals surface area contributed by atoms with Gasteiger partial charge in [0, 0.05) is 37.3 Å². The summed E-state index contributed by atoms with van der Waals surface area (Å²) in [7, 11) is 0. The Morgan fingerprint density at radius 3 is 2.57 bits per heavy atom. The van der Waals surface area contributed by atoms with Gasteiger partial charge in [0.1, 0.15) is 0 Å². The Balaban J connectivity index is 1.86. The fourth-order valence-electron chi connectivity index (χ4n) is 2.20. The van der Waals surface area contributed by atoms with E-state index in [9.17, 15) is 9.59 Å². The summed E-state index contributed by atoms with van der Waals surface area (Å²) in [5, 5.41) is 9.36. The van der Waals surface area contributed by atoms with Gasteiger partial charge in [0.2, 0.25) is 5.91 Å². The third-order valence-electron chi connectivity index (χ3n) is 3.31. The number of carbonyl (C=O) groups is 2. The molecule has 1 saturated heterocycles. The average molecular weight is 309 g/mol. The predicted molar refractivity (Wildman–Crippen MR) is 81.1 cm³/mol. The van der Waals surface area contributed by atoms with Gasteiger partial charge >= 0.3 is 5.97 Å². The first-order valence-electron chi connectivity index (χ1n) is 6.71. The number of carboxylic acid groups (broad SMARTS) is 1. The first-order chi connectivity index (χ1) is 10.0. The minimum atomic E-state index is -0.837. The van der Waals surface area contributed by atoms with Crippen molar-refractivity contribution in [2.45, 2.75) is 0 Å². The van der Waals surface area contributed by atoms with Crippen LogP contribution in [0.4, 0.5) is 0 Å². The van der Waals surface area contributed by atoms with E-state index in [1.165, 1.54) is 6.08 Å². The van der Waals surface area contributed by atoms with E-state index in [1.54, 1.807) is 23.1 Å². The average Bonchev–Trinajstić information content (AvgIpc) is 2.45. The van der Waals surface area contributed by atoms with E-state index in [4.69, 9.17) is 16.7 Å². The Labute approximate surface area is 128 Å². The molecular formula is C15H17ClN2O3. The smallest absolute Gasteiger partial charge is 0.317 e. The molecule has 0 radical (unpaired) electrons. The van der Waals surface area contributed by atoms with E-state index >= 15 is 0 Å². The molecule has 21 heavy (non-hydrogen) atoms. The molecule has 1 fully saturated rings. The maximum atomic E-state index is 12.1. The van der Waals surface area contributed by atoms with Crippen LogP contribution in [-0.4, -0.2) is 59.5 Å². The number of aliphatic carboxylic acids is 1. The summed E-state index contributed by atoms with van der Waals surface area (Å²) >= 11 is 5.88. The molecule has 0 spiro atoms. The summed E-state index contributed by atoms with van der Waals surface area (Å²) in [4.78, 5) is 26.2. The van der Waals surface area contributed by atoms with Crippen molar-refractivity contribution in [3.8, 4) is 0 Å². The van der Waals surface area contributed by atoms with Crippen LogP contribution < -0.4 is 0 Å². The monoisotopic (exact) mass is 308 g/mol. The molecule has 1 aliphatic rings. The fourth-order valence-corrected chi connectivity index (χ4v) is 2.40. The number of rotatable bonds is 4. The number of hydrogen-bond donors (Lipinski definition) is 1. The minimum Gasteiger partial charge on any atom is -0.480 e. The van der Waals surface area contributed by atoms with Crippen LogP contribution in [0.5, 0.6) is 0 Å². The Morgan fingerprint density at radius 1 is 1.24 bits per heavy atom. The molecule has 0 bridgehead atoms. The van der Waals surface area contributed by atoms with Crippen LogP contribution in [0.15, 0.2) is 30.3 Å². The Bertz CT molecular complexity index is 552. The maximum Gasteiger partial charge on any atom is 0.317 e. The molecule has 112 valence electrons. The number of carbonyl (C=O) groups excluding carboxylic acids is 1. The van der Waals surface area contributed by atoms with Gasteiger partial charge in [0.25, 0.3) is 0 Å². The molecule has 5 nitrogen and oxygen atoms in total. The molecule has 1 aliphatic heterocycles. The summed E-state index contributed by atoms with van der Waals surface area (Å²) in [6, 6.07) is 7.27. The van der Waals surface area contributed by atoms with E-state index in [2.05, 4.69) is 0 Å². The van der Waals surface area contributed by atoms with Crippen molar-refractivity contribution < 1.29 is 14.7 Å². The van der Waals surface area contributed by atoms with E-state index < -0.39 is 5.97 Å². The predicted octanol–water partition coefficient (Wildman–Crippen LogP) is 1.58. The fraction of sp³-hybridized carbons (Fsp3) is 0.333. The van der Waals surface area contributed by atoms with E-state index in [0.29, 0.717) is 31.2 Å². The van der Waals surface area contributed by atoms with Gasteiger partial charge in [0.05, 0.1) is 6.54 Å². The summed E-state index contributed by atoms with van der Waals surface area (Å²) in [5.74, 6) is -0.902. The number of hydrogen-bond acceptors (Lipinski definition) is 3. The number of carboxylic acids is 1. The number of amides is 1. The summed E-state index contributed by atoms with van der Waals surface area (Å²) in [6.45, 7) is 2.30. The molecule has 0 aliphatic carbocycles. The number of piperazine rings is 1. The lowest BCUT2D eigenvalue weighted by molar-refractivity contribution is -0.139. The van der Waals surface area contributed by atoms with Gasteiger partial charge in [-0.1, -0.05) is 23.7 Å². The van der Waals surface area contributed by atoms with E-state index in [1.807, 2.05) is 17.0 Å². The van der Waals surface area contributed by atoms with E-state index in [-0.39, 0.29) is 12.5 Å². The standard InChI is InChI=1S/C15H17ClN2O3/c16-13-3-1-2-12(10-13)4-5-14(19)18-8-6-17(7-9-18)11-15(20)21/h1-5,10H,6-9,11H2,(H,20,21)/b5-4+. The summed E-state index contributed by atoms with van der Waals surface area (Å²) in [6.07, 6.45) is 3.26. The van der Waals surface area contributed by atoms with Crippen molar-refractivity contribution in [3.05, 3.63) is 40.9 Å². The lowest BCUT2D eigenvalue weighted by Crippen LogP contribution is -2.49. The third-order valence-corrected chi connectivity index (χ3v) is 3.54. The lowest BCUT2D eigenvalue weighted by atomic mass is 10.2. The Morgan fingerprint density at radius 2 is 1.95 bits per heavy atom. The van der Waals surface area contributed by atoms with Crippen molar-refractivity contribution in [2.75, 3.05) is 32.7 Å². The normalized spacial score (nSPS) is 16.3. The molecule has 2 rings (SSSR count). The second-order valence-corrected chi connectivity index (χ2v) is 5.32. The molecule has 1 heterocycles. The molecule has 1 N–H and O–H groups in total. The van der Waals surface area contributed by atoms with E-state index in [0.717, 1.165) is 5.56 Å². The first-order valence-corrected chi connectivity index (χ1v) is 7.09. The van der Waals surface area contributed by atoms with Crippen molar-refractivity contribution in [3.63, 3.8) is 0 Å². The summed E-state index contributed by atoms with van der Waals surface area (Å²) in [5.41, 5.74) is 0.875. The quantitative estimate of drug-likeness (QED) is 0.858. The molecule has 1 aromatic carbocycles. The van der Waals surface area contributed by atoms with Crippen LogP contribution in [-0.2, 0) is 9.59 Å². The van der Waals surface area contributed by atoms with Crippen LogP contribution >= 0.6 is 11.6 Å². The number of benzene rings is 1. The zero-order valence-electron chi connectivity index (χ0n) is 11.5. The zero-order chi connectivity index (χ0) is 15.2. The van der Waals surface area contributed by atoms with Crippen LogP contribution in [0.2, 0.25) is 5.02 Å². The lowest BCUT2D eigenvalue weighted by Gasteiger charge is -2.33. The highest BCUT2D eigenvalue weighted by Crippen LogP contribution is 2.12. The molecule has 1 aromatic rings. The second kappa shape index (κ2) is 7.24. The molecule has 0 atom stereocenters. The maximum absolute atomic E-state index is 12.1. The van der Waals surface area contributed by atoms with Gasteiger partial charge in [-0.3, -0.25) is 14.5 Å². The Kier molecular flexibility index (Phi) is 5.36. The highest BCUT2D eigenvalue weighted by atomic mass is 35.5. The van der Waals surface area contributed by atoms with Crippen LogP contribution in [0.1, 0.15) is 5.56 Å². The largest absolute Gasteiger partial charge is 0.480 e. The number of nitrogens with zero attached hydrogens (tertiary/aromatic N) is 2. The van der Waals surface area contributed by atoms with Crippen molar-refractivity contribution in [1.29, 1.82) is 0 Å². The van der Waals surface area contributed by atoms with Crippen molar-refractivity contribution in [1.82, 2.24) is 9.80 Å². The minimum absolute atomic E-state index is 0.0282. The molecule has 1 amide bonds. The van der Waals surface area contributed by atoms with Gasteiger partial charge < -0.3 is 10.0 Å². The number of halogens is 1. The molecule has 0 saturated carbocycles. The van der Waals surface area contributed by atoms with Gasteiger partial charge in [-0.25, -0.2) is 0 Å². The zero-order valence-corrected chi connectivity index (χ0v) is 12.3. The summed E-state index contributed by atoms with van der Waals surface area (Å²) < 4.78 is 0. The Hall–Kier alpha value is -1.85. The highest BCUT2D eigenvalue weighted by Gasteiger charge is 2.20. The first kappa shape index (κ1) is 15.5. The van der Waals surface area contributed by atoms with Crippen LogP contribution in [0.25, 0.3) is 6.08 Å². The van der Waals surface area contributed by atoms with Crippen molar-refractivity contribution in [2.24, 2.45) is 0 Å². The molecule has 0 unspecified atom stereocenters. The van der Waals surface area contributed by atoms with Crippen molar-refractivity contribution >= 4 is 29.6 Å². The second-order valence-electron chi connectivity index (χ2n) is 4.88. The SMILES string of the molecule is O=C(O)CN1CCN(C(=O)/C=C/c2cccc(Cl)c2)CC1. The topological polar surface area (TPSA) is 60.9 Å². The van der Waals surface area contributed by atoms with Gasteiger partial charge in [-0.2, -0.15) is 0 Å². The van der Waals surface area contributed by atoms with Crippen LogP contribution in [0.3, 0.4) is 0 Å². The molecular weight excluding hydrogens is 292 g/mol. The highest BCUT2D eigenvalue weighted by molar-refractivity contribution is 6.30. The van der Waals surface area contributed by atoms with Gasteiger partial charge in [0.15, 0.2) is 0 Å². The van der Waals surface area contributed by atoms with Gasteiger partial charge in [-0.05, 0) is 23.8 Å².